The van der Waals surface area contributed by atoms with Gasteiger partial charge in [-0.25, -0.2) is 14.0 Å². The Morgan fingerprint density at radius 1 is 1.17 bits per heavy atom. The molecule has 1 unspecified atom stereocenters. The van der Waals surface area contributed by atoms with Crippen LogP contribution in [0.15, 0.2) is 64.0 Å². The number of rotatable bonds is 7. The molecule has 0 saturated carbocycles. The number of nitrogens with zero attached hydrogens (tertiary/aromatic N) is 3. The minimum absolute atomic E-state index is 0.0773. The van der Waals surface area contributed by atoms with Gasteiger partial charge in [0, 0.05) is 28.4 Å². The first kappa shape index (κ1) is 26.7. The number of aryl methyl sites for hydroxylation is 1. The quantitative estimate of drug-likeness (QED) is 0.404. The molecule has 3 aromatic rings. The molecule has 188 valence electrons. The Kier molecular flexibility index (Phi) is 9.00. The van der Waals surface area contributed by atoms with Crippen LogP contribution in [0.3, 0.4) is 0 Å². The summed E-state index contributed by atoms with van der Waals surface area (Å²) in [5.41, 5.74) is 3.20. The lowest BCUT2D eigenvalue weighted by Crippen LogP contribution is -2.21. The highest BCUT2D eigenvalue weighted by atomic mass is 32.2. The minimum Gasteiger partial charge on any atom is -0.448 e. The molecule has 0 aliphatic heterocycles. The largest absolute Gasteiger partial charge is 0.448 e. The van der Waals surface area contributed by atoms with Gasteiger partial charge in [0.1, 0.15) is 5.82 Å². The van der Waals surface area contributed by atoms with Crippen LogP contribution in [-0.4, -0.2) is 50.9 Å². The molecular weight excluding hydrogens is 478 g/mol. The van der Waals surface area contributed by atoms with Crippen molar-refractivity contribution in [3.8, 4) is 11.8 Å². The van der Waals surface area contributed by atoms with Crippen molar-refractivity contribution in [1.29, 1.82) is 0 Å². The Morgan fingerprint density at radius 2 is 1.86 bits per heavy atom. The molecule has 1 aromatic heterocycles. The molecule has 0 saturated heterocycles. The average molecular weight is 508 g/mol. The van der Waals surface area contributed by atoms with Crippen LogP contribution in [0.2, 0.25) is 0 Å². The van der Waals surface area contributed by atoms with Gasteiger partial charge >= 0.3 is 6.09 Å². The summed E-state index contributed by atoms with van der Waals surface area (Å²) in [6.45, 7) is 5.56. The van der Waals surface area contributed by atoms with Crippen LogP contribution in [0.25, 0.3) is 0 Å². The zero-order valence-corrected chi connectivity index (χ0v) is 21.4. The van der Waals surface area contributed by atoms with E-state index in [0.29, 0.717) is 27.9 Å². The maximum absolute atomic E-state index is 12.8. The van der Waals surface area contributed by atoms with Crippen LogP contribution < -0.4 is 10.6 Å². The van der Waals surface area contributed by atoms with Crippen LogP contribution in [0.5, 0.6) is 0 Å². The number of amides is 1. The lowest BCUT2D eigenvalue weighted by molar-refractivity contribution is 0.164. The molecule has 9 nitrogen and oxygen atoms in total. The van der Waals surface area contributed by atoms with Gasteiger partial charge in [-0.3, -0.25) is 0 Å². The van der Waals surface area contributed by atoms with E-state index >= 15 is 0 Å². The van der Waals surface area contributed by atoms with Crippen molar-refractivity contribution >= 4 is 33.3 Å². The monoisotopic (exact) mass is 507 g/mol. The molecule has 0 aliphatic carbocycles. The standard InChI is InChI=1S/C26H29N5O4S/c1-5-35-26(33)31-36(4,34)23-14-12-22(13-15-23)29-25-27-16-21(24(30-25)28-19(3)17-32)11-10-20-9-7-6-8-18(20)2/h6-9,12-16,19,32H,5,17H2,1-4H3,(H2,27,28,29,30)/t19-,36?/m1/s1. The van der Waals surface area contributed by atoms with E-state index in [4.69, 9.17) is 4.74 Å². The fourth-order valence-electron chi connectivity index (χ4n) is 3.04. The Bertz CT molecular complexity index is 1400. The van der Waals surface area contributed by atoms with E-state index in [2.05, 4.69) is 36.8 Å². The second-order valence-electron chi connectivity index (χ2n) is 7.99. The Hall–Kier alpha value is -3.94. The summed E-state index contributed by atoms with van der Waals surface area (Å²) in [7, 11) is -2.94. The van der Waals surface area contributed by atoms with Crippen molar-refractivity contribution in [1.82, 2.24) is 9.97 Å². The summed E-state index contributed by atoms with van der Waals surface area (Å²) in [5.74, 6) is 7.06. The zero-order valence-electron chi connectivity index (χ0n) is 20.6. The predicted octanol–water partition coefficient (Wildman–Crippen LogP) is 4.33. The average Bonchev–Trinajstić information content (AvgIpc) is 2.84. The highest BCUT2D eigenvalue weighted by Gasteiger charge is 2.12. The molecule has 0 aliphatic rings. The number of aliphatic hydroxyl groups is 1. The van der Waals surface area contributed by atoms with E-state index in [0.717, 1.165) is 11.1 Å². The first-order valence-corrected chi connectivity index (χ1v) is 13.2. The van der Waals surface area contributed by atoms with E-state index in [1.165, 1.54) is 6.26 Å². The zero-order chi connectivity index (χ0) is 26.1. The molecular formula is C26H29N5O4S. The second-order valence-corrected chi connectivity index (χ2v) is 10.2. The van der Waals surface area contributed by atoms with E-state index in [1.807, 2.05) is 38.1 Å². The smallest absolute Gasteiger partial charge is 0.442 e. The first-order chi connectivity index (χ1) is 17.2. The van der Waals surface area contributed by atoms with Gasteiger partial charge in [-0.2, -0.15) is 4.98 Å². The van der Waals surface area contributed by atoms with Crippen molar-refractivity contribution in [2.75, 3.05) is 30.1 Å². The molecule has 2 aromatic carbocycles. The van der Waals surface area contributed by atoms with Gasteiger partial charge in [-0.15, -0.1) is 4.36 Å². The van der Waals surface area contributed by atoms with Gasteiger partial charge in [0.25, 0.3) is 0 Å². The second kappa shape index (κ2) is 12.2. The van der Waals surface area contributed by atoms with Crippen molar-refractivity contribution in [3.63, 3.8) is 0 Å². The fourth-order valence-corrected chi connectivity index (χ4v) is 4.12. The molecule has 0 radical (unpaired) electrons. The van der Waals surface area contributed by atoms with Crippen LogP contribution in [0.1, 0.15) is 30.5 Å². The van der Waals surface area contributed by atoms with Crippen LogP contribution >= 0.6 is 0 Å². The SMILES string of the molecule is CCOC(=O)N=S(C)(=O)c1ccc(Nc2ncc(C#Cc3ccccc3C)c(N[C@H](C)CO)n2)cc1. The van der Waals surface area contributed by atoms with Gasteiger partial charge in [0.2, 0.25) is 5.95 Å². The Labute approximate surface area is 211 Å². The highest BCUT2D eigenvalue weighted by Crippen LogP contribution is 2.21. The number of aliphatic hydroxyl groups excluding tert-OH is 1. The number of hydrogen-bond acceptors (Lipinski definition) is 8. The lowest BCUT2D eigenvalue weighted by atomic mass is 10.1. The van der Waals surface area contributed by atoms with Crippen LogP contribution in [0, 0.1) is 18.8 Å². The van der Waals surface area contributed by atoms with E-state index in [1.54, 1.807) is 37.4 Å². The summed E-state index contributed by atoms with van der Waals surface area (Å²) in [6.07, 6.45) is 2.13. The molecule has 1 heterocycles. The number of benzene rings is 2. The maximum Gasteiger partial charge on any atom is 0.442 e. The third-order valence-corrected chi connectivity index (χ3v) is 6.63. The molecule has 0 fully saturated rings. The molecule has 1 amide bonds. The topological polar surface area (TPSA) is 126 Å². The highest BCUT2D eigenvalue weighted by molar-refractivity contribution is 7.93. The van der Waals surface area contributed by atoms with Crippen molar-refractivity contribution < 1.29 is 18.8 Å². The van der Waals surface area contributed by atoms with E-state index < -0.39 is 15.8 Å². The summed E-state index contributed by atoms with van der Waals surface area (Å²) < 4.78 is 21.2. The number of anilines is 3. The number of carbonyl (C=O) groups excluding carboxylic acids is 1. The van der Waals surface area contributed by atoms with E-state index in [9.17, 15) is 14.1 Å². The van der Waals surface area contributed by atoms with Gasteiger partial charge < -0.3 is 20.5 Å². The van der Waals surface area contributed by atoms with Gasteiger partial charge in [0.15, 0.2) is 0 Å². The summed E-state index contributed by atoms with van der Waals surface area (Å²) in [6, 6.07) is 14.2. The first-order valence-electron chi connectivity index (χ1n) is 11.3. The van der Waals surface area contributed by atoms with Gasteiger partial charge in [-0.1, -0.05) is 30.0 Å². The third kappa shape index (κ3) is 7.28. The van der Waals surface area contributed by atoms with E-state index in [-0.39, 0.29) is 19.3 Å². The minimum atomic E-state index is -2.94. The maximum atomic E-state index is 12.8. The normalized spacial score (nSPS) is 12.9. The van der Waals surface area contributed by atoms with Crippen LogP contribution in [-0.2, 0) is 14.5 Å². The Morgan fingerprint density at radius 3 is 2.53 bits per heavy atom. The predicted molar refractivity (Wildman–Crippen MR) is 141 cm³/mol. The third-order valence-electron chi connectivity index (χ3n) is 4.99. The van der Waals surface area contributed by atoms with Gasteiger partial charge in [-0.05, 0) is 56.7 Å². The number of aromatic nitrogens is 2. The fraction of sp³-hybridized carbons (Fsp3) is 0.269. The van der Waals surface area contributed by atoms with Gasteiger partial charge in [0.05, 0.1) is 34.7 Å². The summed E-state index contributed by atoms with van der Waals surface area (Å²) in [5, 5.41) is 15.7. The number of hydrogen-bond donors (Lipinski definition) is 3. The molecule has 3 N–H and O–H groups in total. The van der Waals surface area contributed by atoms with Crippen molar-refractivity contribution in [2.24, 2.45) is 4.36 Å². The molecule has 36 heavy (non-hydrogen) atoms. The number of nitrogens with one attached hydrogen (secondary N) is 2. The van der Waals surface area contributed by atoms with Crippen molar-refractivity contribution in [2.45, 2.75) is 31.7 Å². The molecule has 0 spiro atoms. The molecule has 3 rings (SSSR count). The Balaban J connectivity index is 1.85. The number of ether oxygens (including phenoxy) is 1. The van der Waals surface area contributed by atoms with Crippen molar-refractivity contribution in [3.05, 3.63) is 71.4 Å². The molecule has 2 atom stereocenters. The molecule has 0 bridgehead atoms. The number of carbonyl (C=O) groups is 1. The molecule has 10 heteroatoms. The summed E-state index contributed by atoms with van der Waals surface area (Å²) >= 11 is 0. The summed E-state index contributed by atoms with van der Waals surface area (Å²) in [4.78, 5) is 20.9. The van der Waals surface area contributed by atoms with Crippen LogP contribution in [0.4, 0.5) is 22.2 Å². The lowest BCUT2D eigenvalue weighted by Gasteiger charge is -2.14.